The van der Waals surface area contributed by atoms with Gasteiger partial charge in [-0.25, -0.2) is 4.79 Å². The highest BCUT2D eigenvalue weighted by Gasteiger charge is 2.32. The number of ether oxygens (including phenoxy) is 2. The Bertz CT molecular complexity index is 945. The van der Waals surface area contributed by atoms with E-state index in [1.807, 2.05) is 0 Å². The van der Waals surface area contributed by atoms with Crippen LogP contribution in [0.25, 0.3) is 0 Å². The van der Waals surface area contributed by atoms with Crippen LogP contribution in [0.5, 0.6) is 11.5 Å². The Morgan fingerprint density at radius 1 is 0.967 bits per heavy atom. The highest BCUT2D eigenvalue weighted by Crippen LogP contribution is 2.33. The van der Waals surface area contributed by atoms with Crippen molar-refractivity contribution in [3.05, 3.63) is 42.5 Å². The Balaban J connectivity index is 1.58. The van der Waals surface area contributed by atoms with Gasteiger partial charge in [0.05, 0.1) is 20.3 Å². The molecule has 2 aromatic carbocycles. The van der Waals surface area contributed by atoms with Crippen molar-refractivity contribution in [2.75, 3.05) is 36.3 Å². The van der Waals surface area contributed by atoms with E-state index in [-0.39, 0.29) is 24.3 Å². The van der Waals surface area contributed by atoms with Gasteiger partial charge >= 0.3 is 6.03 Å². The number of nitrogens with zero attached hydrogens (tertiary/aromatic N) is 1. The van der Waals surface area contributed by atoms with E-state index >= 15 is 0 Å². The minimum Gasteiger partial charge on any atom is -0.493 e. The van der Waals surface area contributed by atoms with Crippen LogP contribution >= 0.6 is 0 Å². The number of carbonyl (C=O) groups is 3. The minimum absolute atomic E-state index is 0.0906. The minimum atomic E-state index is -0.408. The number of rotatable bonds is 6. The summed E-state index contributed by atoms with van der Waals surface area (Å²) in [6, 6.07) is 11.2. The van der Waals surface area contributed by atoms with Gasteiger partial charge in [-0.05, 0) is 36.4 Å². The third kappa shape index (κ3) is 4.99. The fourth-order valence-corrected chi connectivity index (χ4v) is 3.24. The van der Waals surface area contributed by atoms with Crippen LogP contribution in [-0.2, 0) is 9.59 Å². The number of carbonyl (C=O) groups excluding carboxylic acids is 3. The summed E-state index contributed by atoms with van der Waals surface area (Å²) in [5.41, 5.74) is 1.89. The lowest BCUT2D eigenvalue weighted by atomic mass is 10.2. The molecule has 3 rings (SSSR count). The van der Waals surface area contributed by atoms with E-state index < -0.39 is 6.03 Å². The fourth-order valence-electron chi connectivity index (χ4n) is 3.24. The molecule has 0 bridgehead atoms. The molecule has 4 amide bonds. The zero-order valence-corrected chi connectivity index (χ0v) is 17.0. The monoisotopic (exact) mass is 412 g/mol. The molecule has 158 valence electrons. The summed E-state index contributed by atoms with van der Waals surface area (Å²) >= 11 is 0. The highest BCUT2D eigenvalue weighted by atomic mass is 16.5. The molecule has 1 atom stereocenters. The van der Waals surface area contributed by atoms with Crippen molar-refractivity contribution in [1.82, 2.24) is 5.32 Å². The molecular weight excluding hydrogens is 388 g/mol. The molecule has 1 saturated heterocycles. The standard InChI is InChI=1S/C21H24N4O5/c1-13(26)22-14-4-6-15(7-5-14)23-21(28)24-16-10-20(27)25(12-16)17-8-9-18(29-2)19(11-17)30-3/h4-9,11,16H,10,12H2,1-3H3,(H,22,26)(H2,23,24,28). The van der Waals surface area contributed by atoms with Crippen LogP contribution in [0.4, 0.5) is 21.9 Å². The van der Waals surface area contributed by atoms with Gasteiger partial charge in [0, 0.05) is 43.0 Å². The SMILES string of the molecule is COc1ccc(N2CC(NC(=O)Nc3ccc(NC(C)=O)cc3)CC2=O)cc1OC. The van der Waals surface area contributed by atoms with E-state index in [9.17, 15) is 14.4 Å². The zero-order chi connectivity index (χ0) is 21.7. The smallest absolute Gasteiger partial charge is 0.319 e. The van der Waals surface area contributed by atoms with Gasteiger partial charge in [-0.15, -0.1) is 0 Å². The second-order valence-electron chi connectivity index (χ2n) is 6.80. The van der Waals surface area contributed by atoms with Gasteiger partial charge in [0.25, 0.3) is 0 Å². The number of hydrogen-bond acceptors (Lipinski definition) is 5. The first-order valence-corrected chi connectivity index (χ1v) is 9.37. The number of urea groups is 1. The van der Waals surface area contributed by atoms with Crippen LogP contribution in [0.2, 0.25) is 0 Å². The van der Waals surface area contributed by atoms with Crippen molar-refractivity contribution in [3.8, 4) is 11.5 Å². The molecule has 9 nitrogen and oxygen atoms in total. The Morgan fingerprint density at radius 3 is 2.20 bits per heavy atom. The first-order chi connectivity index (χ1) is 14.4. The summed E-state index contributed by atoms with van der Waals surface area (Å²) in [6.45, 7) is 1.77. The first-order valence-electron chi connectivity index (χ1n) is 9.37. The van der Waals surface area contributed by atoms with Gasteiger partial charge in [0.1, 0.15) is 0 Å². The average Bonchev–Trinajstić information content (AvgIpc) is 3.08. The molecule has 1 heterocycles. The van der Waals surface area contributed by atoms with Crippen molar-refractivity contribution < 1.29 is 23.9 Å². The predicted octanol–water partition coefficient (Wildman–Crippen LogP) is 2.59. The summed E-state index contributed by atoms with van der Waals surface area (Å²) in [4.78, 5) is 37.4. The number of methoxy groups -OCH3 is 2. The summed E-state index contributed by atoms with van der Waals surface area (Å²) in [7, 11) is 3.08. The van der Waals surface area contributed by atoms with Crippen LogP contribution in [-0.4, -0.2) is 44.7 Å². The predicted molar refractivity (Wildman–Crippen MR) is 113 cm³/mol. The molecule has 3 N–H and O–H groups in total. The molecule has 1 aliphatic rings. The number of benzene rings is 2. The molecule has 0 radical (unpaired) electrons. The lowest BCUT2D eigenvalue weighted by molar-refractivity contribution is -0.117. The summed E-state index contributed by atoms with van der Waals surface area (Å²) in [5.74, 6) is 0.844. The Hall–Kier alpha value is -3.75. The van der Waals surface area contributed by atoms with E-state index in [1.54, 1.807) is 54.5 Å². The molecule has 1 aliphatic heterocycles. The first kappa shape index (κ1) is 21.0. The maximum Gasteiger partial charge on any atom is 0.319 e. The maximum absolute atomic E-state index is 12.5. The van der Waals surface area contributed by atoms with Crippen molar-refractivity contribution in [2.45, 2.75) is 19.4 Å². The molecule has 30 heavy (non-hydrogen) atoms. The van der Waals surface area contributed by atoms with Crippen LogP contribution < -0.4 is 30.3 Å². The lowest BCUT2D eigenvalue weighted by Crippen LogP contribution is -2.39. The lowest BCUT2D eigenvalue weighted by Gasteiger charge is -2.19. The largest absolute Gasteiger partial charge is 0.493 e. The number of hydrogen-bond donors (Lipinski definition) is 3. The Labute approximate surface area is 174 Å². The summed E-state index contributed by atoms with van der Waals surface area (Å²) < 4.78 is 10.5. The van der Waals surface area contributed by atoms with Crippen molar-refractivity contribution in [1.29, 1.82) is 0 Å². The second-order valence-corrected chi connectivity index (χ2v) is 6.80. The Kier molecular flexibility index (Phi) is 6.41. The van der Waals surface area contributed by atoms with E-state index in [2.05, 4.69) is 16.0 Å². The van der Waals surface area contributed by atoms with E-state index in [0.29, 0.717) is 35.1 Å². The quantitative estimate of drug-likeness (QED) is 0.676. The topological polar surface area (TPSA) is 109 Å². The summed E-state index contributed by atoms with van der Waals surface area (Å²) in [6.07, 6.45) is 0.198. The third-order valence-corrected chi connectivity index (χ3v) is 4.60. The molecule has 0 spiro atoms. The van der Waals surface area contributed by atoms with Gasteiger partial charge in [0.2, 0.25) is 11.8 Å². The summed E-state index contributed by atoms with van der Waals surface area (Å²) in [5, 5.41) is 8.20. The highest BCUT2D eigenvalue weighted by molar-refractivity contribution is 5.98. The van der Waals surface area contributed by atoms with Gasteiger partial charge in [0.15, 0.2) is 11.5 Å². The number of anilines is 3. The molecule has 0 aliphatic carbocycles. The van der Waals surface area contributed by atoms with Gasteiger partial charge in [-0.2, -0.15) is 0 Å². The van der Waals surface area contributed by atoms with Crippen molar-refractivity contribution in [3.63, 3.8) is 0 Å². The van der Waals surface area contributed by atoms with E-state index in [0.717, 1.165) is 0 Å². The van der Waals surface area contributed by atoms with Crippen LogP contribution in [0.3, 0.4) is 0 Å². The normalized spacial score (nSPS) is 15.5. The molecule has 9 heteroatoms. The Morgan fingerprint density at radius 2 is 1.60 bits per heavy atom. The van der Waals surface area contributed by atoms with Crippen molar-refractivity contribution in [2.24, 2.45) is 0 Å². The van der Waals surface area contributed by atoms with Crippen LogP contribution in [0, 0.1) is 0 Å². The van der Waals surface area contributed by atoms with Gasteiger partial charge < -0.3 is 30.3 Å². The van der Waals surface area contributed by atoms with Crippen molar-refractivity contribution >= 4 is 34.9 Å². The third-order valence-electron chi connectivity index (χ3n) is 4.60. The molecule has 1 unspecified atom stereocenters. The van der Waals surface area contributed by atoms with Gasteiger partial charge in [-0.1, -0.05) is 0 Å². The molecule has 1 fully saturated rings. The fraction of sp³-hybridized carbons (Fsp3) is 0.286. The van der Waals surface area contributed by atoms with Crippen LogP contribution in [0.1, 0.15) is 13.3 Å². The van der Waals surface area contributed by atoms with E-state index in [4.69, 9.17) is 9.47 Å². The molecule has 2 aromatic rings. The average molecular weight is 412 g/mol. The zero-order valence-electron chi connectivity index (χ0n) is 17.0. The number of amides is 4. The maximum atomic E-state index is 12.5. The number of nitrogens with one attached hydrogen (secondary N) is 3. The second kappa shape index (κ2) is 9.17. The van der Waals surface area contributed by atoms with Gasteiger partial charge in [-0.3, -0.25) is 9.59 Å². The molecular formula is C21H24N4O5. The van der Waals surface area contributed by atoms with Crippen LogP contribution in [0.15, 0.2) is 42.5 Å². The molecule has 0 aromatic heterocycles. The molecule has 0 saturated carbocycles. The van der Waals surface area contributed by atoms with E-state index in [1.165, 1.54) is 14.0 Å².